The molecule has 1 heterocycles. The van der Waals surface area contributed by atoms with Crippen LogP contribution in [-0.2, 0) is 0 Å². The van der Waals surface area contributed by atoms with E-state index >= 15 is 0 Å². The predicted molar refractivity (Wildman–Crippen MR) is 86.5 cm³/mol. The molecule has 0 aliphatic carbocycles. The molecular weight excluding hydrogens is 244 g/mol. The van der Waals surface area contributed by atoms with E-state index in [2.05, 4.69) is 78.2 Å². The first-order valence-electron chi connectivity index (χ1n) is 7.39. The molecule has 20 heavy (non-hydrogen) atoms. The zero-order valence-corrected chi connectivity index (χ0v) is 12.3. The van der Waals surface area contributed by atoms with E-state index in [1.54, 1.807) is 0 Å². The van der Waals surface area contributed by atoms with Crippen LogP contribution in [0.15, 0.2) is 54.6 Å². The van der Waals surface area contributed by atoms with Gasteiger partial charge in [0.25, 0.3) is 0 Å². The molecule has 0 unspecified atom stereocenters. The zero-order chi connectivity index (χ0) is 13.9. The van der Waals surface area contributed by atoms with E-state index in [4.69, 9.17) is 0 Å². The van der Waals surface area contributed by atoms with Gasteiger partial charge in [0.05, 0.1) is 6.67 Å². The Morgan fingerprint density at radius 2 is 1.45 bits per heavy atom. The van der Waals surface area contributed by atoms with Crippen LogP contribution in [-0.4, -0.2) is 19.8 Å². The lowest BCUT2D eigenvalue weighted by atomic mass is 10.0. The van der Waals surface area contributed by atoms with E-state index in [1.807, 2.05) is 0 Å². The van der Waals surface area contributed by atoms with Gasteiger partial charge in [0.2, 0.25) is 0 Å². The standard InChI is InChI=1S/C18H22N2/c1-15(2)17-10-6-7-11-18(17)20-13-12-19(14-20)16-8-4-3-5-9-16/h3-11,15H,12-14H2,1-2H3. The molecule has 1 fully saturated rings. The van der Waals surface area contributed by atoms with Crippen LogP contribution in [0.1, 0.15) is 25.3 Å². The molecule has 2 nitrogen and oxygen atoms in total. The van der Waals surface area contributed by atoms with E-state index < -0.39 is 0 Å². The number of rotatable bonds is 3. The second-order valence-corrected chi connectivity index (χ2v) is 5.72. The Labute approximate surface area is 121 Å². The molecule has 1 saturated heterocycles. The predicted octanol–water partition coefficient (Wildman–Crippen LogP) is 4.09. The fourth-order valence-electron chi connectivity index (χ4n) is 2.90. The minimum atomic E-state index is 0.567. The monoisotopic (exact) mass is 266 g/mol. The van der Waals surface area contributed by atoms with Crippen molar-refractivity contribution in [3.8, 4) is 0 Å². The van der Waals surface area contributed by atoms with Crippen molar-refractivity contribution in [2.75, 3.05) is 29.6 Å². The van der Waals surface area contributed by atoms with Gasteiger partial charge in [-0.2, -0.15) is 0 Å². The molecular formula is C18H22N2. The quantitative estimate of drug-likeness (QED) is 0.825. The van der Waals surface area contributed by atoms with Crippen molar-refractivity contribution >= 4 is 11.4 Å². The minimum Gasteiger partial charge on any atom is -0.352 e. The molecule has 0 aromatic heterocycles. The first-order valence-corrected chi connectivity index (χ1v) is 7.39. The maximum atomic E-state index is 2.49. The Balaban J connectivity index is 1.81. The highest BCUT2D eigenvalue weighted by atomic mass is 15.4. The number of nitrogens with zero attached hydrogens (tertiary/aromatic N) is 2. The van der Waals surface area contributed by atoms with Crippen LogP contribution < -0.4 is 9.80 Å². The van der Waals surface area contributed by atoms with E-state index in [0.29, 0.717) is 5.92 Å². The van der Waals surface area contributed by atoms with Crippen molar-refractivity contribution in [3.05, 3.63) is 60.2 Å². The maximum Gasteiger partial charge on any atom is 0.0904 e. The topological polar surface area (TPSA) is 6.48 Å². The Morgan fingerprint density at radius 3 is 2.20 bits per heavy atom. The third-order valence-corrected chi connectivity index (χ3v) is 4.00. The van der Waals surface area contributed by atoms with Crippen LogP contribution in [0.3, 0.4) is 0 Å². The van der Waals surface area contributed by atoms with Crippen LogP contribution >= 0.6 is 0 Å². The highest BCUT2D eigenvalue weighted by Crippen LogP contribution is 2.30. The molecule has 0 spiro atoms. The van der Waals surface area contributed by atoms with Crippen molar-refractivity contribution in [2.45, 2.75) is 19.8 Å². The summed E-state index contributed by atoms with van der Waals surface area (Å²) in [4.78, 5) is 4.93. The Hall–Kier alpha value is -1.96. The molecule has 0 bridgehead atoms. The van der Waals surface area contributed by atoms with Crippen LogP contribution in [0.25, 0.3) is 0 Å². The summed E-state index contributed by atoms with van der Waals surface area (Å²) in [5, 5.41) is 0. The summed E-state index contributed by atoms with van der Waals surface area (Å²) >= 11 is 0. The molecule has 2 heteroatoms. The van der Waals surface area contributed by atoms with E-state index in [-0.39, 0.29) is 0 Å². The lowest BCUT2D eigenvalue weighted by Gasteiger charge is -2.24. The summed E-state index contributed by atoms with van der Waals surface area (Å²) < 4.78 is 0. The second kappa shape index (κ2) is 5.58. The number of hydrogen-bond donors (Lipinski definition) is 0. The Bertz CT molecular complexity index is 563. The van der Waals surface area contributed by atoms with Gasteiger partial charge in [0.15, 0.2) is 0 Å². The summed E-state index contributed by atoms with van der Waals surface area (Å²) in [5.41, 5.74) is 4.15. The van der Waals surface area contributed by atoms with Crippen LogP contribution in [0.2, 0.25) is 0 Å². The maximum absolute atomic E-state index is 2.49. The van der Waals surface area contributed by atoms with Crippen molar-refractivity contribution < 1.29 is 0 Å². The first-order chi connectivity index (χ1) is 9.75. The number of hydrogen-bond acceptors (Lipinski definition) is 2. The summed E-state index contributed by atoms with van der Waals surface area (Å²) in [6.07, 6.45) is 0. The summed E-state index contributed by atoms with van der Waals surface area (Å²) in [6.45, 7) is 7.70. The molecule has 0 radical (unpaired) electrons. The Kier molecular flexibility index (Phi) is 3.64. The second-order valence-electron chi connectivity index (χ2n) is 5.72. The van der Waals surface area contributed by atoms with Gasteiger partial charge in [-0.25, -0.2) is 0 Å². The van der Waals surface area contributed by atoms with Crippen molar-refractivity contribution in [1.82, 2.24) is 0 Å². The van der Waals surface area contributed by atoms with Gasteiger partial charge in [0, 0.05) is 24.5 Å². The molecule has 0 amide bonds. The molecule has 1 aliphatic heterocycles. The van der Waals surface area contributed by atoms with Crippen LogP contribution in [0.4, 0.5) is 11.4 Å². The molecule has 1 aliphatic rings. The SMILES string of the molecule is CC(C)c1ccccc1N1CCN(c2ccccc2)C1. The smallest absolute Gasteiger partial charge is 0.0904 e. The highest BCUT2D eigenvalue weighted by molar-refractivity contribution is 5.59. The van der Waals surface area contributed by atoms with Gasteiger partial charge in [-0.05, 0) is 29.7 Å². The molecule has 2 aromatic carbocycles. The highest BCUT2D eigenvalue weighted by Gasteiger charge is 2.22. The van der Waals surface area contributed by atoms with Crippen molar-refractivity contribution in [2.24, 2.45) is 0 Å². The Morgan fingerprint density at radius 1 is 0.800 bits per heavy atom. The minimum absolute atomic E-state index is 0.567. The number of para-hydroxylation sites is 2. The van der Waals surface area contributed by atoms with Gasteiger partial charge in [-0.15, -0.1) is 0 Å². The van der Waals surface area contributed by atoms with Crippen molar-refractivity contribution in [1.29, 1.82) is 0 Å². The lowest BCUT2D eigenvalue weighted by molar-refractivity contribution is 0.845. The van der Waals surface area contributed by atoms with Crippen LogP contribution in [0, 0.1) is 0 Å². The summed E-state index contributed by atoms with van der Waals surface area (Å²) in [7, 11) is 0. The normalized spacial score (nSPS) is 15.2. The van der Waals surface area contributed by atoms with Gasteiger partial charge in [0.1, 0.15) is 0 Å². The molecule has 0 atom stereocenters. The largest absolute Gasteiger partial charge is 0.352 e. The van der Waals surface area contributed by atoms with Gasteiger partial charge in [-0.1, -0.05) is 50.2 Å². The molecule has 3 rings (SSSR count). The van der Waals surface area contributed by atoms with Gasteiger partial charge >= 0.3 is 0 Å². The average Bonchev–Trinajstić information content (AvgIpc) is 2.98. The zero-order valence-electron chi connectivity index (χ0n) is 12.3. The molecule has 2 aromatic rings. The third kappa shape index (κ3) is 2.51. The summed E-state index contributed by atoms with van der Waals surface area (Å²) in [5.74, 6) is 0.567. The van der Waals surface area contributed by atoms with E-state index in [9.17, 15) is 0 Å². The van der Waals surface area contributed by atoms with Crippen LogP contribution in [0.5, 0.6) is 0 Å². The lowest BCUT2D eigenvalue weighted by Crippen LogP contribution is -2.25. The molecule has 0 saturated carbocycles. The average molecular weight is 266 g/mol. The summed E-state index contributed by atoms with van der Waals surface area (Å²) in [6, 6.07) is 19.5. The third-order valence-electron chi connectivity index (χ3n) is 4.00. The number of anilines is 2. The first kappa shape index (κ1) is 13.0. The number of benzene rings is 2. The van der Waals surface area contributed by atoms with Gasteiger partial charge < -0.3 is 9.80 Å². The molecule has 0 N–H and O–H groups in total. The van der Waals surface area contributed by atoms with Gasteiger partial charge in [-0.3, -0.25) is 0 Å². The van der Waals surface area contributed by atoms with E-state index in [0.717, 1.165) is 19.8 Å². The molecule has 104 valence electrons. The van der Waals surface area contributed by atoms with Crippen molar-refractivity contribution in [3.63, 3.8) is 0 Å². The fourth-order valence-corrected chi connectivity index (χ4v) is 2.90. The fraction of sp³-hybridized carbons (Fsp3) is 0.333. The van der Waals surface area contributed by atoms with E-state index in [1.165, 1.54) is 16.9 Å².